The fraction of sp³-hybridized carbons (Fsp3) is 0.516. The maximum atomic E-state index is 13.5. The Morgan fingerprint density at radius 2 is 1.78 bits per heavy atom. The number of Topliss-reactive ketones (excluding diaryl/α,β-unsaturated/α-hetero) is 1. The Hall–Kier alpha value is -3.15. The number of piperazine rings is 1. The summed E-state index contributed by atoms with van der Waals surface area (Å²) in [7, 11) is 0. The first-order valence-electron chi connectivity index (χ1n) is 14.1. The number of benzene rings is 1. The van der Waals surface area contributed by atoms with Gasteiger partial charge in [-0.05, 0) is 74.1 Å². The molecule has 0 atom stereocenters. The molecule has 5 rings (SSSR count). The highest BCUT2D eigenvalue weighted by Crippen LogP contribution is 2.35. The van der Waals surface area contributed by atoms with E-state index in [0.717, 1.165) is 67.6 Å². The molecule has 196 valence electrons. The minimum absolute atomic E-state index is 0.177. The van der Waals surface area contributed by atoms with Crippen LogP contribution in [0.15, 0.2) is 30.5 Å². The van der Waals surface area contributed by atoms with E-state index in [1.807, 2.05) is 17.2 Å². The maximum absolute atomic E-state index is 13.5. The second-order valence-corrected chi connectivity index (χ2v) is 10.8. The molecule has 1 saturated heterocycles. The summed E-state index contributed by atoms with van der Waals surface area (Å²) in [5.41, 5.74) is 6.81. The third-order valence-electron chi connectivity index (χ3n) is 8.22. The quantitative estimate of drug-likeness (QED) is 0.282. The van der Waals surface area contributed by atoms with Crippen molar-refractivity contribution in [2.75, 3.05) is 31.1 Å². The summed E-state index contributed by atoms with van der Waals surface area (Å²) in [5, 5.41) is 1.11. The number of hydrogen-bond acceptors (Lipinski definition) is 4. The third-order valence-corrected chi connectivity index (χ3v) is 8.22. The molecule has 0 aliphatic carbocycles. The van der Waals surface area contributed by atoms with Gasteiger partial charge in [-0.25, -0.2) is 4.98 Å². The highest BCUT2D eigenvalue weighted by Gasteiger charge is 2.27. The second-order valence-electron chi connectivity index (χ2n) is 10.8. The van der Waals surface area contributed by atoms with E-state index >= 15 is 0 Å². The Kier molecular flexibility index (Phi) is 7.63. The molecule has 4 heterocycles. The topological polar surface area (TPSA) is 58.4 Å². The lowest BCUT2D eigenvalue weighted by Gasteiger charge is -2.35. The number of unbranched alkanes of at least 4 members (excludes halogenated alkanes) is 3. The monoisotopic (exact) mass is 500 g/mol. The molecule has 0 N–H and O–H groups in total. The fourth-order valence-corrected chi connectivity index (χ4v) is 6.05. The molecule has 6 heteroatoms. The number of rotatable bonds is 9. The summed E-state index contributed by atoms with van der Waals surface area (Å²) in [6.45, 7) is 10.4. The van der Waals surface area contributed by atoms with E-state index < -0.39 is 0 Å². The number of aryl methyl sites for hydroxylation is 3. The molecule has 37 heavy (non-hydrogen) atoms. The van der Waals surface area contributed by atoms with Crippen LogP contribution in [0.1, 0.15) is 78.2 Å². The molecule has 2 aromatic heterocycles. The molecule has 1 aromatic carbocycles. The normalized spacial score (nSPS) is 15.4. The first kappa shape index (κ1) is 25.5. The van der Waals surface area contributed by atoms with Gasteiger partial charge in [0, 0.05) is 62.0 Å². The van der Waals surface area contributed by atoms with Crippen molar-refractivity contribution in [1.29, 1.82) is 0 Å². The highest BCUT2D eigenvalue weighted by molar-refractivity contribution is 6.02. The zero-order chi connectivity index (χ0) is 25.9. The summed E-state index contributed by atoms with van der Waals surface area (Å²) in [6, 6.07) is 8.33. The van der Waals surface area contributed by atoms with Gasteiger partial charge in [0.1, 0.15) is 5.82 Å². The largest absolute Gasteiger partial charge is 0.353 e. The van der Waals surface area contributed by atoms with E-state index in [1.54, 1.807) is 0 Å². The minimum atomic E-state index is 0.177. The van der Waals surface area contributed by atoms with Crippen LogP contribution in [0, 0.1) is 13.8 Å². The standard InChI is InChI=1S/C31H40N4O2/c1-4-5-6-7-10-28(36)25-19-24-9-8-13-35-23(3)26(27(20-25)31(24)35)21-30(37)34-16-14-33(15-17-34)29-18-22(2)11-12-32-29/h11-12,18-20H,4-10,13-17,21H2,1-3H3. The van der Waals surface area contributed by atoms with Crippen molar-refractivity contribution in [3.05, 3.63) is 58.4 Å². The molecule has 0 radical (unpaired) electrons. The van der Waals surface area contributed by atoms with E-state index in [2.05, 4.69) is 53.4 Å². The van der Waals surface area contributed by atoms with Gasteiger partial charge in [0.15, 0.2) is 5.78 Å². The van der Waals surface area contributed by atoms with Gasteiger partial charge in [-0.1, -0.05) is 26.2 Å². The minimum Gasteiger partial charge on any atom is -0.353 e. The number of amides is 1. The molecule has 1 amide bonds. The zero-order valence-electron chi connectivity index (χ0n) is 22.7. The van der Waals surface area contributed by atoms with Gasteiger partial charge < -0.3 is 14.4 Å². The molecular weight excluding hydrogens is 460 g/mol. The van der Waals surface area contributed by atoms with Crippen LogP contribution in [-0.2, 0) is 24.2 Å². The summed E-state index contributed by atoms with van der Waals surface area (Å²) in [5.74, 6) is 1.41. The van der Waals surface area contributed by atoms with Crippen LogP contribution in [0.4, 0.5) is 5.82 Å². The lowest BCUT2D eigenvalue weighted by atomic mass is 9.95. The van der Waals surface area contributed by atoms with Crippen molar-refractivity contribution in [3.63, 3.8) is 0 Å². The number of carbonyl (C=O) groups excluding carboxylic acids is 2. The van der Waals surface area contributed by atoms with Gasteiger partial charge in [-0.15, -0.1) is 0 Å². The van der Waals surface area contributed by atoms with Gasteiger partial charge in [-0.2, -0.15) is 0 Å². The first-order valence-corrected chi connectivity index (χ1v) is 14.1. The molecule has 6 nitrogen and oxygen atoms in total. The number of anilines is 1. The van der Waals surface area contributed by atoms with Crippen molar-refractivity contribution in [2.45, 2.75) is 78.7 Å². The SMILES string of the molecule is CCCCCCC(=O)c1cc2c3c(c1)c(CC(=O)N1CCN(c4cc(C)ccn4)CC1)c(C)n3CCC2. The van der Waals surface area contributed by atoms with E-state index in [-0.39, 0.29) is 11.7 Å². The fourth-order valence-electron chi connectivity index (χ4n) is 6.05. The van der Waals surface area contributed by atoms with E-state index in [0.29, 0.717) is 25.9 Å². The number of nitrogens with zero attached hydrogens (tertiary/aromatic N) is 4. The van der Waals surface area contributed by atoms with Crippen molar-refractivity contribution in [2.24, 2.45) is 0 Å². The molecule has 2 aliphatic heterocycles. The number of ketones is 1. The summed E-state index contributed by atoms with van der Waals surface area (Å²) in [4.78, 5) is 35.4. The Labute approximate surface area is 220 Å². The van der Waals surface area contributed by atoms with Crippen LogP contribution in [0.2, 0.25) is 0 Å². The lowest BCUT2D eigenvalue weighted by Crippen LogP contribution is -2.49. The van der Waals surface area contributed by atoms with E-state index in [4.69, 9.17) is 0 Å². The molecule has 2 aliphatic rings. The third kappa shape index (κ3) is 5.29. The van der Waals surface area contributed by atoms with Crippen LogP contribution in [0.3, 0.4) is 0 Å². The summed E-state index contributed by atoms with van der Waals surface area (Å²) < 4.78 is 2.38. The average molecular weight is 501 g/mol. The second kappa shape index (κ2) is 11.1. The number of hydrogen-bond donors (Lipinski definition) is 0. The molecule has 0 saturated carbocycles. The number of pyridine rings is 1. The van der Waals surface area contributed by atoms with Gasteiger partial charge in [0.2, 0.25) is 5.91 Å². The van der Waals surface area contributed by atoms with Crippen LogP contribution >= 0.6 is 0 Å². The van der Waals surface area contributed by atoms with Crippen molar-refractivity contribution in [3.8, 4) is 0 Å². The van der Waals surface area contributed by atoms with Gasteiger partial charge >= 0.3 is 0 Å². The number of carbonyl (C=O) groups is 2. The highest BCUT2D eigenvalue weighted by atomic mass is 16.2. The van der Waals surface area contributed by atoms with E-state index in [1.165, 1.54) is 35.2 Å². The van der Waals surface area contributed by atoms with Crippen LogP contribution in [0.25, 0.3) is 10.9 Å². The maximum Gasteiger partial charge on any atom is 0.227 e. The van der Waals surface area contributed by atoms with Crippen LogP contribution in [-0.4, -0.2) is 52.3 Å². The molecule has 0 unspecified atom stereocenters. The Bertz CT molecular complexity index is 1300. The Morgan fingerprint density at radius 1 is 0.973 bits per heavy atom. The summed E-state index contributed by atoms with van der Waals surface area (Å²) >= 11 is 0. The Morgan fingerprint density at radius 3 is 2.54 bits per heavy atom. The van der Waals surface area contributed by atoms with Crippen molar-refractivity contribution < 1.29 is 9.59 Å². The van der Waals surface area contributed by atoms with Crippen molar-refractivity contribution >= 4 is 28.4 Å². The molecule has 3 aromatic rings. The zero-order valence-corrected chi connectivity index (χ0v) is 22.7. The molecule has 0 bridgehead atoms. The molecule has 0 spiro atoms. The molecule has 1 fully saturated rings. The summed E-state index contributed by atoms with van der Waals surface area (Å²) in [6.07, 6.45) is 9.35. The van der Waals surface area contributed by atoms with Gasteiger partial charge in [-0.3, -0.25) is 9.59 Å². The van der Waals surface area contributed by atoms with Crippen LogP contribution < -0.4 is 4.90 Å². The smallest absolute Gasteiger partial charge is 0.227 e. The Balaban J connectivity index is 1.34. The van der Waals surface area contributed by atoms with Gasteiger partial charge in [0.05, 0.1) is 11.9 Å². The van der Waals surface area contributed by atoms with Gasteiger partial charge in [0.25, 0.3) is 0 Å². The van der Waals surface area contributed by atoms with Crippen LogP contribution in [0.5, 0.6) is 0 Å². The number of aromatic nitrogens is 2. The predicted octanol–water partition coefficient (Wildman–Crippen LogP) is 5.64. The molecular formula is C31H40N4O2. The first-order chi connectivity index (χ1) is 18.0. The lowest BCUT2D eigenvalue weighted by molar-refractivity contribution is -0.130. The average Bonchev–Trinajstić information content (AvgIpc) is 3.18. The van der Waals surface area contributed by atoms with E-state index in [9.17, 15) is 9.59 Å². The van der Waals surface area contributed by atoms with Crippen molar-refractivity contribution in [1.82, 2.24) is 14.5 Å². The predicted molar refractivity (Wildman–Crippen MR) is 150 cm³/mol.